The topological polar surface area (TPSA) is 122 Å². The SMILES string of the molecule is CCCCCCC(C(=O)O)n1cnc(NC(=O)c2ccccc2C(=O)O)c1. The van der Waals surface area contributed by atoms with Crippen LogP contribution in [0.5, 0.6) is 0 Å². The van der Waals surface area contributed by atoms with Gasteiger partial charge in [0.1, 0.15) is 6.04 Å². The van der Waals surface area contributed by atoms with Gasteiger partial charge in [-0.1, -0.05) is 44.7 Å². The van der Waals surface area contributed by atoms with Crippen molar-refractivity contribution in [2.24, 2.45) is 0 Å². The third-order valence-electron chi connectivity index (χ3n) is 4.22. The normalized spacial score (nSPS) is 11.7. The molecule has 2 rings (SSSR count). The number of aliphatic carboxylic acids is 1. The van der Waals surface area contributed by atoms with E-state index in [0.29, 0.717) is 6.42 Å². The van der Waals surface area contributed by atoms with Crippen molar-refractivity contribution in [2.45, 2.75) is 45.1 Å². The maximum absolute atomic E-state index is 12.4. The molecule has 0 radical (unpaired) electrons. The van der Waals surface area contributed by atoms with Crippen molar-refractivity contribution in [1.82, 2.24) is 9.55 Å². The van der Waals surface area contributed by atoms with Crippen LogP contribution in [0.1, 0.15) is 65.8 Å². The first kappa shape index (κ1) is 20.2. The summed E-state index contributed by atoms with van der Waals surface area (Å²) >= 11 is 0. The molecule has 1 heterocycles. The molecule has 27 heavy (non-hydrogen) atoms. The number of hydrogen-bond acceptors (Lipinski definition) is 4. The fourth-order valence-corrected chi connectivity index (χ4v) is 2.79. The molecule has 144 valence electrons. The number of carboxylic acids is 2. The van der Waals surface area contributed by atoms with Crippen LogP contribution in [0.4, 0.5) is 5.82 Å². The Bertz CT molecular complexity index is 815. The molecule has 2 aromatic rings. The van der Waals surface area contributed by atoms with E-state index in [2.05, 4.69) is 17.2 Å². The first-order chi connectivity index (χ1) is 12.9. The number of carboxylic acid groups (broad SMARTS) is 2. The van der Waals surface area contributed by atoms with Gasteiger partial charge >= 0.3 is 11.9 Å². The van der Waals surface area contributed by atoms with E-state index < -0.39 is 23.9 Å². The van der Waals surface area contributed by atoms with E-state index in [9.17, 15) is 24.6 Å². The van der Waals surface area contributed by atoms with Gasteiger partial charge in [-0.2, -0.15) is 0 Å². The van der Waals surface area contributed by atoms with Gasteiger partial charge in [0.05, 0.1) is 17.5 Å². The Balaban J connectivity index is 2.09. The van der Waals surface area contributed by atoms with Crippen LogP contribution < -0.4 is 5.32 Å². The molecule has 1 atom stereocenters. The maximum Gasteiger partial charge on any atom is 0.336 e. The van der Waals surface area contributed by atoms with Gasteiger partial charge in [-0.15, -0.1) is 0 Å². The van der Waals surface area contributed by atoms with Crippen LogP contribution in [0, 0.1) is 0 Å². The summed E-state index contributed by atoms with van der Waals surface area (Å²) in [4.78, 5) is 39.1. The number of aromatic nitrogens is 2. The largest absolute Gasteiger partial charge is 0.480 e. The van der Waals surface area contributed by atoms with Crippen LogP contribution in [-0.4, -0.2) is 37.6 Å². The van der Waals surface area contributed by atoms with Gasteiger partial charge < -0.3 is 20.1 Å². The lowest BCUT2D eigenvalue weighted by Crippen LogP contribution is -2.18. The summed E-state index contributed by atoms with van der Waals surface area (Å²) in [6.07, 6.45) is 7.15. The summed E-state index contributed by atoms with van der Waals surface area (Å²) < 4.78 is 1.45. The Morgan fingerprint density at radius 3 is 2.44 bits per heavy atom. The predicted octanol–water partition coefficient (Wildman–Crippen LogP) is 3.43. The molecule has 0 saturated heterocycles. The number of hydrogen-bond donors (Lipinski definition) is 3. The number of amides is 1. The lowest BCUT2D eigenvalue weighted by atomic mass is 10.1. The Morgan fingerprint density at radius 1 is 1.11 bits per heavy atom. The molecular formula is C19H23N3O5. The van der Waals surface area contributed by atoms with Gasteiger partial charge in [0.2, 0.25) is 0 Å². The fraction of sp³-hybridized carbons (Fsp3) is 0.368. The molecule has 1 aromatic heterocycles. The smallest absolute Gasteiger partial charge is 0.336 e. The number of unbranched alkanes of at least 4 members (excludes halogenated alkanes) is 3. The lowest BCUT2D eigenvalue weighted by Gasteiger charge is -2.13. The minimum atomic E-state index is -1.20. The second kappa shape index (κ2) is 9.51. The van der Waals surface area contributed by atoms with Gasteiger partial charge in [-0.25, -0.2) is 14.6 Å². The molecule has 0 aliphatic rings. The molecule has 1 unspecified atom stereocenters. The highest BCUT2D eigenvalue weighted by atomic mass is 16.4. The third kappa shape index (κ3) is 5.40. The minimum absolute atomic E-state index is 0.00824. The predicted molar refractivity (Wildman–Crippen MR) is 99.0 cm³/mol. The summed E-state index contributed by atoms with van der Waals surface area (Å²) in [7, 11) is 0. The molecule has 8 heteroatoms. The Kier molecular flexibility index (Phi) is 7.10. The molecule has 0 saturated carbocycles. The number of anilines is 1. The van der Waals surface area contributed by atoms with Crippen molar-refractivity contribution in [3.05, 3.63) is 47.9 Å². The molecule has 0 aliphatic carbocycles. The summed E-state index contributed by atoms with van der Waals surface area (Å²) in [6.45, 7) is 2.09. The van der Waals surface area contributed by atoms with Gasteiger partial charge in [0.25, 0.3) is 5.91 Å². The first-order valence-corrected chi connectivity index (χ1v) is 8.84. The number of carbonyl (C=O) groups excluding carboxylic acids is 1. The zero-order valence-electron chi connectivity index (χ0n) is 15.1. The quantitative estimate of drug-likeness (QED) is 0.549. The van der Waals surface area contributed by atoms with Crippen LogP contribution in [0.3, 0.4) is 0 Å². The molecule has 0 spiro atoms. The molecular weight excluding hydrogens is 350 g/mol. The van der Waals surface area contributed by atoms with E-state index in [1.54, 1.807) is 6.07 Å². The summed E-state index contributed by atoms with van der Waals surface area (Å²) in [6, 6.07) is 5.09. The van der Waals surface area contributed by atoms with Crippen LogP contribution in [-0.2, 0) is 4.79 Å². The van der Waals surface area contributed by atoms with Gasteiger partial charge in [-0.3, -0.25) is 4.79 Å². The molecule has 8 nitrogen and oxygen atoms in total. The van der Waals surface area contributed by atoms with E-state index in [1.165, 1.54) is 35.3 Å². The maximum atomic E-state index is 12.4. The highest BCUT2D eigenvalue weighted by Crippen LogP contribution is 2.19. The molecule has 1 aromatic carbocycles. The second-order valence-electron chi connectivity index (χ2n) is 6.21. The highest BCUT2D eigenvalue weighted by molar-refractivity contribution is 6.10. The second-order valence-corrected chi connectivity index (χ2v) is 6.21. The minimum Gasteiger partial charge on any atom is -0.480 e. The zero-order valence-corrected chi connectivity index (χ0v) is 15.1. The van der Waals surface area contributed by atoms with Crippen molar-refractivity contribution in [3.8, 4) is 0 Å². The number of rotatable bonds is 10. The molecule has 0 bridgehead atoms. The standard InChI is InChI=1S/C19H23N3O5/c1-2-3-4-5-10-15(19(26)27)22-11-16(20-12-22)21-17(23)13-8-6-7-9-14(13)18(24)25/h6-9,11-12,15H,2-5,10H2,1H3,(H,21,23)(H,24,25)(H,26,27). The van der Waals surface area contributed by atoms with Crippen molar-refractivity contribution in [1.29, 1.82) is 0 Å². The molecule has 1 amide bonds. The van der Waals surface area contributed by atoms with E-state index in [4.69, 9.17) is 0 Å². The van der Waals surface area contributed by atoms with Crippen molar-refractivity contribution >= 4 is 23.7 Å². The summed E-state index contributed by atoms with van der Waals surface area (Å²) in [5, 5.41) is 21.1. The average Bonchev–Trinajstić information content (AvgIpc) is 3.09. The number of nitrogens with one attached hydrogen (secondary N) is 1. The van der Waals surface area contributed by atoms with E-state index in [0.717, 1.165) is 25.7 Å². The summed E-state index contributed by atoms with van der Waals surface area (Å²) in [5.74, 6) is -2.62. The summed E-state index contributed by atoms with van der Waals surface area (Å²) in [5.41, 5.74) is -0.109. The van der Waals surface area contributed by atoms with Crippen LogP contribution in [0.25, 0.3) is 0 Å². The van der Waals surface area contributed by atoms with E-state index in [-0.39, 0.29) is 16.9 Å². The molecule has 0 aliphatic heterocycles. The van der Waals surface area contributed by atoms with E-state index in [1.807, 2.05) is 0 Å². The number of imidazole rings is 1. The number of aromatic carboxylic acids is 1. The van der Waals surface area contributed by atoms with Gasteiger partial charge in [-0.05, 0) is 18.6 Å². The number of benzene rings is 1. The third-order valence-corrected chi connectivity index (χ3v) is 4.22. The van der Waals surface area contributed by atoms with Crippen LogP contribution in [0.15, 0.2) is 36.8 Å². The van der Waals surface area contributed by atoms with Crippen molar-refractivity contribution < 1.29 is 24.6 Å². The van der Waals surface area contributed by atoms with Gasteiger partial charge in [0.15, 0.2) is 5.82 Å². The molecule has 3 N–H and O–H groups in total. The lowest BCUT2D eigenvalue weighted by molar-refractivity contribution is -0.141. The Morgan fingerprint density at radius 2 is 1.81 bits per heavy atom. The fourth-order valence-electron chi connectivity index (χ4n) is 2.79. The Hall–Kier alpha value is -3.16. The van der Waals surface area contributed by atoms with E-state index >= 15 is 0 Å². The highest BCUT2D eigenvalue weighted by Gasteiger charge is 2.21. The van der Waals surface area contributed by atoms with Crippen LogP contribution >= 0.6 is 0 Å². The van der Waals surface area contributed by atoms with Crippen molar-refractivity contribution in [3.63, 3.8) is 0 Å². The first-order valence-electron chi connectivity index (χ1n) is 8.84. The van der Waals surface area contributed by atoms with Gasteiger partial charge in [0, 0.05) is 6.20 Å². The monoisotopic (exact) mass is 373 g/mol. The van der Waals surface area contributed by atoms with Crippen molar-refractivity contribution in [2.75, 3.05) is 5.32 Å². The van der Waals surface area contributed by atoms with Crippen LogP contribution in [0.2, 0.25) is 0 Å². The average molecular weight is 373 g/mol. The Labute approximate surface area is 156 Å². The zero-order chi connectivity index (χ0) is 19.8. The number of nitrogens with zero attached hydrogens (tertiary/aromatic N) is 2. The molecule has 0 fully saturated rings. The number of carbonyl (C=O) groups is 3.